The largest absolute Gasteiger partial charge is 0.399 e. The number of nitrogens with two attached hydrogens (primary N) is 1. The number of nitrogens with zero attached hydrogens (tertiary/aromatic N) is 2. The molecule has 1 aliphatic heterocycles. The highest BCUT2D eigenvalue weighted by molar-refractivity contribution is 5.85. The van der Waals surface area contributed by atoms with Gasteiger partial charge in [0.25, 0.3) is 0 Å². The van der Waals surface area contributed by atoms with Crippen molar-refractivity contribution in [3.63, 3.8) is 0 Å². The average Bonchev–Trinajstić information content (AvgIpc) is 2.42. The molecule has 0 spiro atoms. The van der Waals surface area contributed by atoms with E-state index < -0.39 is 0 Å². The fourth-order valence-electron chi connectivity index (χ4n) is 2.28. The molecule has 6 heteroatoms. The molecule has 1 saturated heterocycles. The molecule has 0 atom stereocenters. The molecule has 1 aliphatic rings. The van der Waals surface area contributed by atoms with E-state index in [4.69, 9.17) is 10.8 Å². The topological polar surface area (TPSA) is 69.8 Å². The summed E-state index contributed by atoms with van der Waals surface area (Å²) in [4.78, 5) is 16.2. The van der Waals surface area contributed by atoms with Crippen LogP contribution in [0.15, 0.2) is 24.3 Å². The Labute approximate surface area is 125 Å². The van der Waals surface area contributed by atoms with Crippen LogP contribution < -0.4 is 5.73 Å². The van der Waals surface area contributed by atoms with Gasteiger partial charge in [0.2, 0.25) is 5.91 Å². The van der Waals surface area contributed by atoms with Gasteiger partial charge in [0.1, 0.15) is 0 Å². The highest BCUT2D eigenvalue weighted by atomic mass is 35.5. The van der Waals surface area contributed by atoms with Gasteiger partial charge in [-0.3, -0.25) is 9.69 Å². The first-order valence-electron chi connectivity index (χ1n) is 6.64. The second-order valence-corrected chi connectivity index (χ2v) is 4.86. The Hall–Kier alpha value is -1.30. The van der Waals surface area contributed by atoms with Gasteiger partial charge in [0.15, 0.2) is 0 Å². The number of hydrogen-bond donors (Lipinski definition) is 2. The number of anilines is 1. The van der Waals surface area contributed by atoms with Crippen LogP contribution >= 0.6 is 12.4 Å². The van der Waals surface area contributed by atoms with E-state index in [9.17, 15) is 4.79 Å². The van der Waals surface area contributed by atoms with Gasteiger partial charge in [-0.05, 0) is 17.7 Å². The van der Waals surface area contributed by atoms with E-state index in [0.29, 0.717) is 18.7 Å². The van der Waals surface area contributed by atoms with Crippen molar-refractivity contribution in [2.45, 2.75) is 6.42 Å². The number of halogens is 1. The fourth-order valence-corrected chi connectivity index (χ4v) is 2.28. The van der Waals surface area contributed by atoms with E-state index in [0.717, 1.165) is 31.7 Å². The third kappa shape index (κ3) is 4.67. The number of carbonyl (C=O) groups is 1. The van der Waals surface area contributed by atoms with Crippen LogP contribution in [0, 0.1) is 0 Å². The van der Waals surface area contributed by atoms with Crippen molar-refractivity contribution < 1.29 is 9.90 Å². The number of benzene rings is 1. The molecule has 0 aromatic heterocycles. The number of aliphatic hydroxyl groups is 1. The van der Waals surface area contributed by atoms with Crippen molar-refractivity contribution in [2.24, 2.45) is 0 Å². The molecule has 2 rings (SSSR count). The number of aliphatic hydroxyl groups excluding tert-OH is 1. The van der Waals surface area contributed by atoms with Crippen LogP contribution in [-0.2, 0) is 11.2 Å². The molecule has 0 aliphatic carbocycles. The van der Waals surface area contributed by atoms with Gasteiger partial charge in [-0.15, -0.1) is 12.4 Å². The number of nitrogen functional groups attached to an aromatic ring is 1. The van der Waals surface area contributed by atoms with Gasteiger partial charge in [-0.25, -0.2) is 0 Å². The predicted molar refractivity (Wildman–Crippen MR) is 81.9 cm³/mol. The number of carbonyl (C=O) groups excluding carboxylic acids is 1. The van der Waals surface area contributed by atoms with E-state index in [1.54, 1.807) is 0 Å². The highest BCUT2D eigenvalue weighted by Crippen LogP contribution is 2.09. The third-order valence-corrected chi connectivity index (χ3v) is 3.48. The van der Waals surface area contributed by atoms with Gasteiger partial charge < -0.3 is 15.7 Å². The zero-order valence-corrected chi connectivity index (χ0v) is 12.3. The molecular weight excluding hydrogens is 278 g/mol. The normalized spacial score (nSPS) is 15.8. The Bertz CT molecular complexity index is 417. The molecule has 1 fully saturated rings. The summed E-state index contributed by atoms with van der Waals surface area (Å²) in [5.74, 6) is 0.161. The van der Waals surface area contributed by atoms with Crippen molar-refractivity contribution >= 4 is 24.0 Å². The van der Waals surface area contributed by atoms with Gasteiger partial charge in [-0.1, -0.05) is 12.1 Å². The minimum atomic E-state index is 0. The Morgan fingerprint density at radius 1 is 1.15 bits per heavy atom. The zero-order valence-electron chi connectivity index (χ0n) is 11.5. The van der Waals surface area contributed by atoms with Crippen LogP contribution in [0.3, 0.4) is 0 Å². The second kappa shape index (κ2) is 8.09. The maximum atomic E-state index is 12.1. The molecule has 0 bridgehead atoms. The Kier molecular flexibility index (Phi) is 6.78. The highest BCUT2D eigenvalue weighted by Gasteiger charge is 2.20. The maximum Gasteiger partial charge on any atom is 0.227 e. The van der Waals surface area contributed by atoms with Crippen molar-refractivity contribution in [1.82, 2.24) is 9.80 Å². The fraction of sp³-hybridized carbons (Fsp3) is 0.500. The number of hydrogen-bond acceptors (Lipinski definition) is 4. The molecule has 112 valence electrons. The van der Waals surface area contributed by atoms with E-state index in [1.165, 1.54) is 0 Å². The van der Waals surface area contributed by atoms with Crippen molar-refractivity contribution in [1.29, 1.82) is 0 Å². The minimum absolute atomic E-state index is 0. The summed E-state index contributed by atoms with van der Waals surface area (Å²) in [6.45, 7) is 4.04. The molecular formula is C14H22ClN3O2. The number of piperazine rings is 1. The molecule has 0 unspecified atom stereocenters. The number of rotatable bonds is 4. The lowest BCUT2D eigenvalue weighted by Crippen LogP contribution is -2.49. The van der Waals surface area contributed by atoms with Crippen LogP contribution in [0.4, 0.5) is 5.69 Å². The zero-order chi connectivity index (χ0) is 13.7. The first-order chi connectivity index (χ1) is 9.19. The molecule has 1 heterocycles. The first kappa shape index (κ1) is 16.8. The van der Waals surface area contributed by atoms with Gasteiger partial charge in [0.05, 0.1) is 13.0 Å². The lowest BCUT2D eigenvalue weighted by molar-refractivity contribution is -0.132. The number of β-amino-alcohol motifs (C(OH)–C–C–N with tert-alkyl or cyclic N) is 1. The van der Waals surface area contributed by atoms with Crippen molar-refractivity contribution in [3.05, 3.63) is 29.8 Å². The quantitative estimate of drug-likeness (QED) is 0.788. The molecule has 0 radical (unpaired) electrons. The molecule has 0 saturated carbocycles. The van der Waals surface area contributed by atoms with Crippen molar-refractivity contribution in [3.8, 4) is 0 Å². The predicted octanol–water partition coefficient (Wildman–Crippen LogP) is 0.370. The lowest BCUT2D eigenvalue weighted by atomic mass is 10.1. The van der Waals surface area contributed by atoms with Gasteiger partial charge >= 0.3 is 0 Å². The monoisotopic (exact) mass is 299 g/mol. The Morgan fingerprint density at radius 3 is 2.30 bits per heavy atom. The van der Waals surface area contributed by atoms with Crippen LogP contribution in [0.2, 0.25) is 0 Å². The summed E-state index contributed by atoms with van der Waals surface area (Å²) in [5.41, 5.74) is 7.34. The van der Waals surface area contributed by atoms with Gasteiger partial charge in [0, 0.05) is 38.4 Å². The summed E-state index contributed by atoms with van der Waals surface area (Å²) in [6, 6.07) is 7.44. The van der Waals surface area contributed by atoms with E-state index in [1.807, 2.05) is 29.2 Å². The molecule has 1 amide bonds. The number of amides is 1. The SMILES string of the molecule is Cl.Nc1ccc(CC(=O)N2CCN(CCO)CC2)cc1. The smallest absolute Gasteiger partial charge is 0.227 e. The summed E-state index contributed by atoms with van der Waals surface area (Å²) in [5, 5.41) is 8.88. The average molecular weight is 300 g/mol. The standard InChI is InChI=1S/C14H21N3O2.ClH/c15-13-3-1-12(2-4-13)11-14(19)17-7-5-16(6-8-17)9-10-18;/h1-4,18H,5-11,15H2;1H. The Morgan fingerprint density at radius 2 is 1.75 bits per heavy atom. The van der Waals surface area contributed by atoms with E-state index >= 15 is 0 Å². The summed E-state index contributed by atoms with van der Waals surface area (Å²) < 4.78 is 0. The third-order valence-electron chi connectivity index (χ3n) is 3.48. The summed E-state index contributed by atoms with van der Waals surface area (Å²) in [7, 11) is 0. The van der Waals surface area contributed by atoms with Crippen LogP contribution in [0.25, 0.3) is 0 Å². The van der Waals surface area contributed by atoms with E-state index in [-0.39, 0.29) is 24.9 Å². The lowest BCUT2D eigenvalue weighted by Gasteiger charge is -2.34. The summed E-state index contributed by atoms with van der Waals surface area (Å²) in [6.07, 6.45) is 0.431. The van der Waals surface area contributed by atoms with Crippen LogP contribution in [0.5, 0.6) is 0 Å². The molecule has 1 aromatic rings. The van der Waals surface area contributed by atoms with Gasteiger partial charge in [-0.2, -0.15) is 0 Å². The first-order valence-corrected chi connectivity index (χ1v) is 6.64. The second-order valence-electron chi connectivity index (χ2n) is 4.86. The minimum Gasteiger partial charge on any atom is -0.399 e. The molecule has 20 heavy (non-hydrogen) atoms. The van der Waals surface area contributed by atoms with Crippen molar-refractivity contribution in [2.75, 3.05) is 45.1 Å². The summed E-state index contributed by atoms with van der Waals surface area (Å²) >= 11 is 0. The molecule has 5 nitrogen and oxygen atoms in total. The Balaban J connectivity index is 0.00000200. The van der Waals surface area contributed by atoms with Crippen LogP contribution in [-0.4, -0.2) is 60.1 Å². The molecule has 1 aromatic carbocycles. The maximum absolute atomic E-state index is 12.1. The van der Waals surface area contributed by atoms with E-state index in [2.05, 4.69) is 4.90 Å². The molecule has 3 N–H and O–H groups in total. The van der Waals surface area contributed by atoms with Crippen LogP contribution in [0.1, 0.15) is 5.56 Å².